The Labute approximate surface area is 163 Å². The van der Waals surface area contributed by atoms with Crippen LogP contribution in [0.1, 0.15) is 5.56 Å². The molecule has 10 heteroatoms. The maximum absolute atomic E-state index is 12.1. The molecule has 4 N–H and O–H groups in total. The lowest BCUT2D eigenvalue weighted by molar-refractivity contribution is -0.119. The molecule has 140 valence electrons. The Balaban J connectivity index is 0.00000169. The van der Waals surface area contributed by atoms with Crippen LogP contribution in [-0.4, -0.2) is 46.0 Å². The van der Waals surface area contributed by atoms with E-state index in [2.05, 4.69) is 25.3 Å². The molecular formula is C16H21Cl2N7O. The first kappa shape index (κ1) is 21.5. The number of rotatable bonds is 6. The quantitative estimate of drug-likeness (QED) is 0.544. The molecule has 0 aliphatic rings. The first-order chi connectivity index (χ1) is 11.6. The molecule has 1 amide bonds. The Morgan fingerprint density at radius 3 is 2.65 bits per heavy atom. The summed E-state index contributed by atoms with van der Waals surface area (Å²) in [4.78, 5) is 29.2. The molecule has 0 radical (unpaired) electrons. The van der Waals surface area contributed by atoms with Crippen molar-refractivity contribution in [2.75, 3.05) is 30.8 Å². The molecule has 0 atom stereocenters. The van der Waals surface area contributed by atoms with Crippen molar-refractivity contribution in [2.45, 2.75) is 6.42 Å². The topological polar surface area (TPSA) is 113 Å². The number of nitrogens with one attached hydrogen (secondary N) is 2. The molecule has 0 unspecified atom stereocenters. The van der Waals surface area contributed by atoms with E-state index in [0.717, 1.165) is 23.2 Å². The van der Waals surface area contributed by atoms with E-state index in [4.69, 9.17) is 5.73 Å². The van der Waals surface area contributed by atoms with Gasteiger partial charge in [0.2, 0.25) is 5.91 Å². The molecule has 1 aromatic carbocycles. The Kier molecular flexibility index (Phi) is 8.08. The Morgan fingerprint density at radius 1 is 1.19 bits per heavy atom. The number of carbonyl (C=O) groups is 1. The number of amides is 1. The smallest absolute Gasteiger partial charge is 0.239 e. The van der Waals surface area contributed by atoms with Crippen molar-refractivity contribution in [3.8, 4) is 0 Å². The van der Waals surface area contributed by atoms with Crippen LogP contribution in [0.15, 0.2) is 36.9 Å². The predicted molar refractivity (Wildman–Crippen MR) is 107 cm³/mol. The molecule has 0 fully saturated rings. The third kappa shape index (κ3) is 5.21. The minimum absolute atomic E-state index is 0. The maximum Gasteiger partial charge on any atom is 0.239 e. The Morgan fingerprint density at radius 2 is 1.92 bits per heavy atom. The minimum Gasteiger partial charge on any atom is -0.399 e. The molecular weight excluding hydrogens is 377 g/mol. The number of halogens is 2. The first-order valence-electron chi connectivity index (χ1n) is 7.60. The number of carbonyl (C=O) groups excluding carboxylic acids is 1. The highest BCUT2D eigenvalue weighted by Gasteiger charge is 2.13. The molecule has 3 rings (SSSR count). The number of nitrogens with zero attached hydrogens (tertiary/aromatic N) is 4. The normalized spacial score (nSPS) is 9.88. The van der Waals surface area contributed by atoms with Crippen LogP contribution in [0.2, 0.25) is 0 Å². The second kappa shape index (κ2) is 9.79. The van der Waals surface area contributed by atoms with Crippen molar-refractivity contribution < 1.29 is 4.79 Å². The van der Waals surface area contributed by atoms with Gasteiger partial charge in [0.05, 0.1) is 12.9 Å². The number of fused-ring (bicyclic) bond motifs is 1. The van der Waals surface area contributed by atoms with Crippen LogP contribution in [0.3, 0.4) is 0 Å². The molecule has 3 aromatic rings. The molecule has 8 nitrogen and oxygen atoms in total. The minimum atomic E-state index is -0.0702. The molecule has 0 spiro atoms. The summed E-state index contributed by atoms with van der Waals surface area (Å²) < 4.78 is 0. The van der Waals surface area contributed by atoms with E-state index >= 15 is 0 Å². The Hall–Kier alpha value is -2.58. The van der Waals surface area contributed by atoms with Gasteiger partial charge in [-0.3, -0.25) is 4.79 Å². The summed E-state index contributed by atoms with van der Waals surface area (Å²) in [6, 6.07) is 7.64. The molecule has 0 bridgehead atoms. The van der Waals surface area contributed by atoms with Gasteiger partial charge in [0.15, 0.2) is 11.5 Å². The number of benzene rings is 1. The van der Waals surface area contributed by atoms with Gasteiger partial charge in [-0.05, 0) is 24.1 Å². The number of aromatic nitrogens is 4. The van der Waals surface area contributed by atoms with Crippen molar-refractivity contribution in [3.05, 3.63) is 42.5 Å². The van der Waals surface area contributed by atoms with Crippen LogP contribution in [0.25, 0.3) is 11.2 Å². The number of nitrogen functional groups attached to an aromatic ring is 1. The lowest BCUT2D eigenvalue weighted by Crippen LogP contribution is -2.36. The first-order valence-corrected chi connectivity index (χ1v) is 7.60. The van der Waals surface area contributed by atoms with Crippen molar-refractivity contribution in [3.63, 3.8) is 0 Å². The number of anilines is 2. The number of likely N-dealkylation sites (N-methyl/N-ethyl adjacent to an activating group) is 1. The summed E-state index contributed by atoms with van der Waals surface area (Å²) >= 11 is 0. The van der Waals surface area contributed by atoms with Gasteiger partial charge in [-0.2, -0.15) is 0 Å². The highest BCUT2D eigenvalue weighted by atomic mass is 35.5. The predicted octanol–water partition coefficient (Wildman–Crippen LogP) is 1.57. The monoisotopic (exact) mass is 397 g/mol. The average molecular weight is 398 g/mol. The molecule has 0 saturated carbocycles. The summed E-state index contributed by atoms with van der Waals surface area (Å²) in [6.07, 6.45) is 3.76. The van der Waals surface area contributed by atoms with Gasteiger partial charge in [0.25, 0.3) is 0 Å². The van der Waals surface area contributed by atoms with Crippen LogP contribution >= 0.6 is 24.8 Å². The fourth-order valence-corrected chi connectivity index (χ4v) is 2.42. The fraction of sp³-hybridized carbons (Fsp3) is 0.250. The number of hydrogen-bond acceptors (Lipinski definition) is 6. The van der Waals surface area contributed by atoms with E-state index < -0.39 is 0 Å². The fourth-order valence-electron chi connectivity index (χ4n) is 2.42. The number of H-pyrrole nitrogens is 1. The van der Waals surface area contributed by atoms with E-state index in [-0.39, 0.29) is 37.3 Å². The summed E-state index contributed by atoms with van der Waals surface area (Å²) in [5.41, 5.74) is 8.82. The zero-order chi connectivity index (χ0) is 16.9. The Bertz CT molecular complexity index is 838. The van der Waals surface area contributed by atoms with Gasteiger partial charge in [-0.25, -0.2) is 15.0 Å². The van der Waals surface area contributed by atoms with Gasteiger partial charge in [-0.1, -0.05) is 12.1 Å². The standard InChI is InChI=1S/C16H19N7O.2ClH/c1-23(16-14-15(20-9-19-14)21-10-22-16)8-13(24)18-7-6-11-2-4-12(17)5-3-11;;/h2-5,9-10H,6-8,17H2,1H3,(H,18,24)(H,19,20,21,22);2*1H. The van der Waals surface area contributed by atoms with Gasteiger partial charge in [-0.15, -0.1) is 24.8 Å². The summed E-state index contributed by atoms with van der Waals surface area (Å²) in [5.74, 6) is 0.574. The summed E-state index contributed by atoms with van der Waals surface area (Å²) in [7, 11) is 1.81. The van der Waals surface area contributed by atoms with E-state index in [1.54, 1.807) is 11.2 Å². The molecule has 0 aliphatic carbocycles. The second-order valence-electron chi connectivity index (χ2n) is 5.50. The average Bonchev–Trinajstić information content (AvgIpc) is 3.05. The number of imidazole rings is 1. The number of nitrogens with two attached hydrogens (primary N) is 1. The summed E-state index contributed by atoms with van der Waals surface area (Å²) in [6.45, 7) is 0.771. The van der Waals surface area contributed by atoms with Gasteiger partial charge >= 0.3 is 0 Å². The lowest BCUT2D eigenvalue weighted by Gasteiger charge is -2.17. The number of aromatic amines is 1. The summed E-state index contributed by atoms with van der Waals surface area (Å²) in [5, 5.41) is 2.91. The molecule has 26 heavy (non-hydrogen) atoms. The van der Waals surface area contributed by atoms with Crippen molar-refractivity contribution >= 4 is 53.4 Å². The lowest BCUT2D eigenvalue weighted by atomic mass is 10.1. The van der Waals surface area contributed by atoms with Crippen molar-refractivity contribution in [1.82, 2.24) is 25.3 Å². The van der Waals surface area contributed by atoms with Gasteiger partial charge in [0.1, 0.15) is 11.8 Å². The maximum atomic E-state index is 12.1. The molecule has 0 saturated heterocycles. The van der Waals surface area contributed by atoms with Crippen LogP contribution in [0.5, 0.6) is 0 Å². The molecule has 2 aromatic heterocycles. The van der Waals surface area contributed by atoms with E-state index in [0.29, 0.717) is 18.0 Å². The zero-order valence-corrected chi connectivity index (χ0v) is 15.8. The van der Waals surface area contributed by atoms with E-state index in [9.17, 15) is 4.79 Å². The van der Waals surface area contributed by atoms with E-state index in [1.165, 1.54) is 6.33 Å². The molecule has 2 heterocycles. The third-order valence-corrected chi connectivity index (χ3v) is 3.66. The van der Waals surface area contributed by atoms with Crippen LogP contribution < -0.4 is 16.0 Å². The van der Waals surface area contributed by atoms with Crippen molar-refractivity contribution in [1.29, 1.82) is 0 Å². The van der Waals surface area contributed by atoms with Crippen LogP contribution in [-0.2, 0) is 11.2 Å². The van der Waals surface area contributed by atoms with Gasteiger partial charge < -0.3 is 20.9 Å². The van der Waals surface area contributed by atoms with Gasteiger partial charge in [0, 0.05) is 19.3 Å². The third-order valence-electron chi connectivity index (χ3n) is 3.66. The van der Waals surface area contributed by atoms with Crippen molar-refractivity contribution in [2.24, 2.45) is 0 Å². The zero-order valence-electron chi connectivity index (χ0n) is 14.2. The highest BCUT2D eigenvalue weighted by molar-refractivity contribution is 5.87. The van der Waals surface area contributed by atoms with Crippen LogP contribution in [0.4, 0.5) is 11.5 Å². The second-order valence-corrected chi connectivity index (χ2v) is 5.50. The van der Waals surface area contributed by atoms with E-state index in [1.807, 2.05) is 31.3 Å². The van der Waals surface area contributed by atoms with Crippen LogP contribution in [0, 0.1) is 0 Å². The SMILES string of the molecule is CN(CC(=O)NCCc1ccc(N)cc1)c1ncnc2nc[nH]c12.Cl.Cl. The molecule has 0 aliphatic heterocycles. The largest absolute Gasteiger partial charge is 0.399 e. The number of hydrogen-bond donors (Lipinski definition) is 3. The highest BCUT2D eigenvalue weighted by Crippen LogP contribution is 2.17.